The molecule has 0 atom stereocenters. The fourth-order valence-electron chi connectivity index (χ4n) is 3.65. The third-order valence-electron chi connectivity index (χ3n) is 5.56. The highest BCUT2D eigenvalue weighted by atomic mass is 35.5. The lowest BCUT2D eigenvalue weighted by atomic mass is 10.1. The lowest BCUT2D eigenvalue weighted by Gasteiger charge is -2.27. The van der Waals surface area contributed by atoms with E-state index in [1.807, 2.05) is 37.3 Å². The Morgan fingerprint density at radius 3 is 2.11 bits per heavy atom. The van der Waals surface area contributed by atoms with Gasteiger partial charge in [0.25, 0.3) is 15.9 Å². The molecule has 0 fully saturated rings. The second-order valence-electron chi connectivity index (χ2n) is 8.14. The molecule has 0 aliphatic heterocycles. The second-order valence-corrected chi connectivity index (χ2v) is 10.4. The number of benzene rings is 4. The maximum atomic E-state index is 13.8. The molecular weight excluding hydrogens is 480 g/mol. The van der Waals surface area contributed by atoms with Gasteiger partial charge in [0, 0.05) is 11.6 Å². The number of rotatable bonds is 8. The Balaban J connectivity index is 1.73. The van der Waals surface area contributed by atoms with Crippen LogP contribution in [0.4, 0.5) is 5.69 Å². The number of para-hydroxylation sites is 1. The molecule has 0 radical (unpaired) electrons. The van der Waals surface area contributed by atoms with Gasteiger partial charge in [-0.3, -0.25) is 9.10 Å². The minimum atomic E-state index is -3.98. The molecule has 0 unspecified atom stereocenters. The molecule has 35 heavy (non-hydrogen) atoms. The van der Waals surface area contributed by atoms with Gasteiger partial charge in [-0.1, -0.05) is 83.9 Å². The van der Waals surface area contributed by atoms with E-state index in [-0.39, 0.29) is 22.9 Å². The third kappa shape index (κ3) is 5.91. The van der Waals surface area contributed by atoms with E-state index < -0.39 is 10.0 Å². The van der Waals surface area contributed by atoms with Crippen molar-refractivity contribution in [3.63, 3.8) is 0 Å². The van der Waals surface area contributed by atoms with Crippen LogP contribution in [0.2, 0.25) is 5.02 Å². The van der Waals surface area contributed by atoms with Crippen molar-refractivity contribution in [2.24, 2.45) is 0 Å². The van der Waals surface area contributed by atoms with E-state index in [0.717, 1.165) is 16.7 Å². The molecule has 1 amide bonds. The Labute approximate surface area is 211 Å². The summed E-state index contributed by atoms with van der Waals surface area (Å²) in [6.07, 6.45) is 0. The zero-order chi connectivity index (χ0) is 24.8. The zero-order valence-electron chi connectivity index (χ0n) is 19.2. The van der Waals surface area contributed by atoms with E-state index >= 15 is 0 Å². The minimum absolute atomic E-state index is 0.0381. The predicted octanol–water partition coefficient (Wildman–Crippen LogP) is 5.97. The number of halogens is 1. The number of hydrogen-bond acceptors (Lipinski definition) is 3. The van der Waals surface area contributed by atoms with E-state index in [4.69, 9.17) is 11.6 Å². The fourth-order valence-corrected chi connectivity index (χ4v) is 5.25. The van der Waals surface area contributed by atoms with Gasteiger partial charge in [-0.25, -0.2) is 8.42 Å². The smallest absolute Gasteiger partial charge is 0.264 e. The van der Waals surface area contributed by atoms with Crippen LogP contribution in [0.25, 0.3) is 0 Å². The number of anilines is 1. The Morgan fingerprint density at radius 2 is 1.43 bits per heavy atom. The molecule has 7 heteroatoms. The molecule has 0 heterocycles. The van der Waals surface area contributed by atoms with Crippen LogP contribution in [0.15, 0.2) is 108 Å². The van der Waals surface area contributed by atoms with Crippen LogP contribution in [0.5, 0.6) is 0 Å². The van der Waals surface area contributed by atoms with Gasteiger partial charge in [-0.2, -0.15) is 0 Å². The monoisotopic (exact) mass is 504 g/mol. The molecule has 4 rings (SSSR count). The number of nitrogens with one attached hydrogen (secondary N) is 1. The van der Waals surface area contributed by atoms with E-state index in [1.165, 1.54) is 4.31 Å². The summed E-state index contributed by atoms with van der Waals surface area (Å²) in [6, 6.07) is 29.9. The summed E-state index contributed by atoms with van der Waals surface area (Å²) in [5.74, 6) is -0.357. The number of carbonyl (C=O) groups is 1. The summed E-state index contributed by atoms with van der Waals surface area (Å²) in [4.78, 5) is 13.3. The van der Waals surface area contributed by atoms with Gasteiger partial charge < -0.3 is 5.32 Å². The van der Waals surface area contributed by atoms with Gasteiger partial charge >= 0.3 is 0 Å². The second kappa shape index (κ2) is 10.8. The topological polar surface area (TPSA) is 66.5 Å². The van der Waals surface area contributed by atoms with E-state index in [2.05, 4.69) is 5.32 Å². The van der Waals surface area contributed by atoms with Crippen LogP contribution < -0.4 is 9.62 Å². The van der Waals surface area contributed by atoms with Crippen LogP contribution in [0, 0.1) is 6.92 Å². The van der Waals surface area contributed by atoms with Crippen molar-refractivity contribution in [2.45, 2.75) is 24.9 Å². The SMILES string of the molecule is Cc1ccc(S(=O)(=O)N(Cc2ccc(Cl)cc2)c2ccccc2C(=O)NCc2ccccc2)cc1. The molecule has 0 aromatic heterocycles. The summed E-state index contributed by atoms with van der Waals surface area (Å²) in [7, 11) is -3.98. The molecule has 0 saturated carbocycles. The highest BCUT2D eigenvalue weighted by Crippen LogP contribution is 2.30. The molecule has 4 aromatic carbocycles. The molecule has 178 valence electrons. The Kier molecular flexibility index (Phi) is 7.54. The van der Waals surface area contributed by atoms with Gasteiger partial charge in [0.15, 0.2) is 0 Å². The van der Waals surface area contributed by atoms with Gasteiger partial charge in [0.05, 0.1) is 22.7 Å². The highest BCUT2D eigenvalue weighted by Gasteiger charge is 2.28. The average Bonchev–Trinajstić information content (AvgIpc) is 2.88. The molecule has 5 nitrogen and oxygen atoms in total. The number of carbonyl (C=O) groups excluding carboxylic acids is 1. The normalized spacial score (nSPS) is 11.1. The first-order chi connectivity index (χ1) is 16.8. The van der Waals surface area contributed by atoms with Crippen molar-refractivity contribution in [1.29, 1.82) is 0 Å². The van der Waals surface area contributed by atoms with Gasteiger partial charge in [-0.05, 0) is 54.4 Å². The van der Waals surface area contributed by atoms with Crippen LogP contribution >= 0.6 is 11.6 Å². The van der Waals surface area contributed by atoms with Gasteiger partial charge in [0.1, 0.15) is 0 Å². The predicted molar refractivity (Wildman–Crippen MR) is 140 cm³/mol. The average molecular weight is 505 g/mol. The highest BCUT2D eigenvalue weighted by molar-refractivity contribution is 7.92. The summed E-state index contributed by atoms with van der Waals surface area (Å²) in [5.41, 5.74) is 3.21. The Morgan fingerprint density at radius 1 is 0.800 bits per heavy atom. The van der Waals surface area contributed by atoms with Crippen LogP contribution in [-0.4, -0.2) is 14.3 Å². The summed E-state index contributed by atoms with van der Waals surface area (Å²) < 4.78 is 29.0. The number of hydrogen-bond donors (Lipinski definition) is 1. The maximum Gasteiger partial charge on any atom is 0.264 e. The quantitative estimate of drug-likeness (QED) is 0.321. The minimum Gasteiger partial charge on any atom is -0.348 e. The maximum absolute atomic E-state index is 13.8. The standard InChI is InChI=1S/C28H25ClN2O3S/c1-21-11-17-25(18-12-21)35(33,34)31(20-23-13-15-24(29)16-14-23)27-10-6-5-9-26(27)28(32)30-19-22-7-3-2-4-8-22/h2-18H,19-20H2,1H3,(H,30,32). The molecule has 0 saturated heterocycles. The number of sulfonamides is 1. The molecule has 0 spiro atoms. The van der Waals surface area contributed by atoms with Crippen LogP contribution in [-0.2, 0) is 23.1 Å². The molecule has 1 N–H and O–H groups in total. The van der Waals surface area contributed by atoms with E-state index in [9.17, 15) is 13.2 Å². The van der Waals surface area contributed by atoms with Gasteiger partial charge in [0.2, 0.25) is 0 Å². The van der Waals surface area contributed by atoms with Gasteiger partial charge in [-0.15, -0.1) is 0 Å². The Hall–Kier alpha value is -3.61. The summed E-state index contributed by atoms with van der Waals surface area (Å²) >= 11 is 6.03. The third-order valence-corrected chi connectivity index (χ3v) is 7.59. The number of aryl methyl sites for hydroxylation is 1. The Bertz CT molecular complexity index is 1410. The fraction of sp³-hybridized carbons (Fsp3) is 0.107. The first-order valence-electron chi connectivity index (χ1n) is 11.1. The van der Waals surface area contributed by atoms with Crippen molar-refractivity contribution in [3.8, 4) is 0 Å². The molecule has 0 aliphatic carbocycles. The first kappa shape index (κ1) is 24.5. The lowest BCUT2D eigenvalue weighted by molar-refractivity contribution is 0.0951. The largest absolute Gasteiger partial charge is 0.348 e. The van der Waals surface area contributed by atoms with Crippen LogP contribution in [0.1, 0.15) is 27.0 Å². The van der Waals surface area contributed by atoms with E-state index in [0.29, 0.717) is 17.3 Å². The first-order valence-corrected chi connectivity index (χ1v) is 12.9. The summed E-state index contributed by atoms with van der Waals surface area (Å²) in [6.45, 7) is 2.26. The number of amides is 1. The summed E-state index contributed by atoms with van der Waals surface area (Å²) in [5, 5.41) is 3.46. The zero-order valence-corrected chi connectivity index (χ0v) is 20.8. The number of nitrogens with zero attached hydrogens (tertiary/aromatic N) is 1. The van der Waals surface area contributed by atoms with Crippen molar-refractivity contribution >= 4 is 33.2 Å². The van der Waals surface area contributed by atoms with Crippen molar-refractivity contribution < 1.29 is 13.2 Å². The van der Waals surface area contributed by atoms with Crippen molar-refractivity contribution in [2.75, 3.05) is 4.31 Å². The molecule has 4 aromatic rings. The molecule has 0 bridgehead atoms. The lowest BCUT2D eigenvalue weighted by Crippen LogP contribution is -2.33. The van der Waals surface area contributed by atoms with Crippen molar-refractivity contribution in [3.05, 3.63) is 130 Å². The molecular formula is C28H25ClN2O3S. The van der Waals surface area contributed by atoms with Crippen LogP contribution in [0.3, 0.4) is 0 Å². The van der Waals surface area contributed by atoms with E-state index in [1.54, 1.807) is 72.8 Å². The molecule has 0 aliphatic rings. The van der Waals surface area contributed by atoms with Crippen molar-refractivity contribution in [1.82, 2.24) is 5.32 Å².